The molecule has 1 heterocycles. The summed E-state index contributed by atoms with van der Waals surface area (Å²) in [5, 5.41) is 13.0. The molecule has 3 nitrogen and oxygen atoms in total. The molecule has 1 saturated heterocycles. The molecule has 0 aromatic heterocycles. The summed E-state index contributed by atoms with van der Waals surface area (Å²) in [6.45, 7) is 6.32. The molecule has 1 fully saturated rings. The maximum Gasteiger partial charge on any atom is 0.0992 e. The zero-order valence-electron chi connectivity index (χ0n) is 11.3. The predicted octanol–water partition coefficient (Wildman–Crippen LogP) is 2.79. The van der Waals surface area contributed by atoms with Gasteiger partial charge in [0.2, 0.25) is 0 Å². The summed E-state index contributed by atoms with van der Waals surface area (Å²) in [6.07, 6.45) is 2.35. The number of nitriles is 1. The van der Waals surface area contributed by atoms with Crippen molar-refractivity contribution in [2.24, 2.45) is 0 Å². The van der Waals surface area contributed by atoms with Crippen LogP contribution in [0.3, 0.4) is 0 Å². The fraction of sp³-hybridized carbons (Fsp3) is 0.533. The molecule has 0 aliphatic carbocycles. The zero-order valence-corrected chi connectivity index (χ0v) is 12.1. The number of hydrogen-bond acceptors (Lipinski definition) is 3. The highest BCUT2D eigenvalue weighted by molar-refractivity contribution is 6.31. The summed E-state index contributed by atoms with van der Waals surface area (Å²) < 4.78 is 0. The van der Waals surface area contributed by atoms with E-state index in [2.05, 4.69) is 23.2 Å². The van der Waals surface area contributed by atoms with Gasteiger partial charge in [-0.25, -0.2) is 0 Å². The van der Waals surface area contributed by atoms with Gasteiger partial charge in [-0.2, -0.15) is 5.26 Å². The first-order valence-electron chi connectivity index (χ1n) is 6.88. The summed E-state index contributed by atoms with van der Waals surface area (Å²) in [7, 11) is 0. The second-order valence-corrected chi connectivity index (χ2v) is 5.44. The molecule has 102 valence electrons. The van der Waals surface area contributed by atoms with Crippen LogP contribution in [0.2, 0.25) is 5.02 Å². The van der Waals surface area contributed by atoms with E-state index in [0.717, 1.165) is 38.2 Å². The SMILES string of the molecule is CCCN(Cc1ccc(C#N)cc1Cl)C1CCNC1. The van der Waals surface area contributed by atoms with Crippen molar-refractivity contribution in [3.63, 3.8) is 0 Å². The molecule has 0 radical (unpaired) electrons. The van der Waals surface area contributed by atoms with Gasteiger partial charge in [-0.05, 0) is 43.6 Å². The van der Waals surface area contributed by atoms with E-state index in [-0.39, 0.29) is 0 Å². The third kappa shape index (κ3) is 3.70. The Morgan fingerprint density at radius 2 is 2.37 bits per heavy atom. The van der Waals surface area contributed by atoms with Gasteiger partial charge in [0.15, 0.2) is 0 Å². The average molecular weight is 278 g/mol. The van der Waals surface area contributed by atoms with Gasteiger partial charge in [-0.3, -0.25) is 4.90 Å². The van der Waals surface area contributed by atoms with Crippen molar-refractivity contribution >= 4 is 11.6 Å². The normalized spacial score (nSPS) is 18.7. The summed E-state index contributed by atoms with van der Waals surface area (Å²) in [5.41, 5.74) is 1.74. The van der Waals surface area contributed by atoms with Gasteiger partial charge in [-0.1, -0.05) is 24.6 Å². The Bertz CT molecular complexity index is 461. The van der Waals surface area contributed by atoms with Crippen molar-refractivity contribution in [2.45, 2.75) is 32.4 Å². The molecule has 1 atom stereocenters. The predicted molar refractivity (Wildman–Crippen MR) is 78.1 cm³/mol. The Labute approximate surface area is 120 Å². The van der Waals surface area contributed by atoms with E-state index >= 15 is 0 Å². The smallest absolute Gasteiger partial charge is 0.0992 e. The van der Waals surface area contributed by atoms with Crippen LogP contribution < -0.4 is 5.32 Å². The minimum atomic E-state index is 0.603. The van der Waals surface area contributed by atoms with Crippen molar-refractivity contribution in [1.29, 1.82) is 5.26 Å². The van der Waals surface area contributed by atoms with Crippen molar-refractivity contribution < 1.29 is 0 Å². The van der Waals surface area contributed by atoms with Gasteiger partial charge in [0, 0.05) is 24.2 Å². The molecule has 2 rings (SSSR count). The Kier molecular flexibility index (Phi) is 5.21. The molecule has 0 amide bonds. The first kappa shape index (κ1) is 14.3. The molecule has 1 N–H and O–H groups in total. The van der Waals surface area contributed by atoms with E-state index < -0.39 is 0 Å². The highest BCUT2D eigenvalue weighted by atomic mass is 35.5. The van der Waals surface area contributed by atoms with E-state index in [9.17, 15) is 0 Å². The Morgan fingerprint density at radius 1 is 1.53 bits per heavy atom. The zero-order chi connectivity index (χ0) is 13.7. The van der Waals surface area contributed by atoms with Crippen LogP contribution in [0.1, 0.15) is 30.9 Å². The minimum Gasteiger partial charge on any atom is -0.315 e. The molecule has 19 heavy (non-hydrogen) atoms. The van der Waals surface area contributed by atoms with E-state index in [4.69, 9.17) is 16.9 Å². The van der Waals surface area contributed by atoms with Gasteiger partial charge in [0.25, 0.3) is 0 Å². The maximum atomic E-state index is 8.86. The highest BCUT2D eigenvalue weighted by Gasteiger charge is 2.22. The van der Waals surface area contributed by atoms with E-state index in [0.29, 0.717) is 16.6 Å². The number of nitrogens with one attached hydrogen (secondary N) is 1. The van der Waals surface area contributed by atoms with Crippen molar-refractivity contribution in [2.75, 3.05) is 19.6 Å². The van der Waals surface area contributed by atoms with Crippen LogP contribution in [-0.2, 0) is 6.54 Å². The van der Waals surface area contributed by atoms with Gasteiger partial charge in [-0.15, -0.1) is 0 Å². The van der Waals surface area contributed by atoms with Gasteiger partial charge in [0.1, 0.15) is 0 Å². The summed E-state index contributed by atoms with van der Waals surface area (Å²) in [5.74, 6) is 0. The standard InChI is InChI=1S/C15H20ClN3/c1-2-7-19(14-5-6-18-10-14)11-13-4-3-12(9-17)8-15(13)16/h3-4,8,14,18H,2,5-7,10-11H2,1H3. The second kappa shape index (κ2) is 6.91. The average Bonchev–Trinajstić information content (AvgIpc) is 2.94. The molecule has 4 heteroatoms. The maximum absolute atomic E-state index is 8.86. The van der Waals surface area contributed by atoms with Crippen LogP contribution >= 0.6 is 11.6 Å². The van der Waals surface area contributed by atoms with Crippen molar-refractivity contribution in [3.8, 4) is 6.07 Å². The quantitative estimate of drug-likeness (QED) is 0.900. The van der Waals surface area contributed by atoms with Crippen LogP contribution in [0.25, 0.3) is 0 Å². The Hall–Kier alpha value is -1.08. The van der Waals surface area contributed by atoms with Gasteiger partial charge < -0.3 is 5.32 Å². The van der Waals surface area contributed by atoms with Gasteiger partial charge >= 0.3 is 0 Å². The topological polar surface area (TPSA) is 39.1 Å². The van der Waals surface area contributed by atoms with E-state index in [1.54, 1.807) is 6.07 Å². The number of hydrogen-bond donors (Lipinski definition) is 1. The second-order valence-electron chi connectivity index (χ2n) is 5.04. The molecular formula is C15H20ClN3. The molecule has 1 aliphatic heterocycles. The lowest BCUT2D eigenvalue weighted by molar-refractivity contribution is 0.199. The molecule has 1 aromatic rings. The molecule has 1 aromatic carbocycles. The molecule has 1 unspecified atom stereocenters. The number of rotatable bonds is 5. The van der Waals surface area contributed by atoms with Crippen molar-refractivity contribution in [3.05, 3.63) is 34.3 Å². The third-order valence-electron chi connectivity index (χ3n) is 3.62. The van der Waals surface area contributed by atoms with E-state index in [1.807, 2.05) is 12.1 Å². The number of benzene rings is 1. The highest BCUT2D eigenvalue weighted by Crippen LogP contribution is 2.21. The molecule has 0 spiro atoms. The van der Waals surface area contributed by atoms with Crippen LogP contribution in [0.4, 0.5) is 0 Å². The lowest BCUT2D eigenvalue weighted by Gasteiger charge is -2.28. The largest absolute Gasteiger partial charge is 0.315 e. The number of halogens is 1. The fourth-order valence-electron chi connectivity index (χ4n) is 2.59. The fourth-order valence-corrected chi connectivity index (χ4v) is 2.83. The lowest BCUT2D eigenvalue weighted by atomic mass is 10.1. The van der Waals surface area contributed by atoms with Crippen LogP contribution in [0.5, 0.6) is 0 Å². The third-order valence-corrected chi connectivity index (χ3v) is 3.97. The number of nitrogens with zero attached hydrogens (tertiary/aromatic N) is 2. The minimum absolute atomic E-state index is 0.603. The molecule has 0 bridgehead atoms. The molecular weight excluding hydrogens is 258 g/mol. The Balaban J connectivity index is 2.10. The first-order valence-corrected chi connectivity index (χ1v) is 7.25. The van der Waals surface area contributed by atoms with Crippen molar-refractivity contribution in [1.82, 2.24) is 10.2 Å². The molecule has 0 saturated carbocycles. The summed E-state index contributed by atoms with van der Waals surface area (Å²) >= 11 is 6.27. The van der Waals surface area contributed by atoms with Crippen LogP contribution in [0, 0.1) is 11.3 Å². The monoisotopic (exact) mass is 277 g/mol. The van der Waals surface area contributed by atoms with Crippen LogP contribution in [0.15, 0.2) is 18.2 Å². The first-order chi connectivity index (χ1) is 9.24. The van der Waals surface area contributed by atoms with E-state index in [1.165, 1.54) is 6.42 Å². The molecule has 1 aliphatic rings. The van der Waals surface area contributed by atoms with Gasteiger partial charge in [0.05, 0.1) is 11.6 Å². The summed E-state index contributed by atoms with van der Waals surface area (Å²) in [6, 6.07) is 8.31. The summed E-state index contributed by atoms with van der Waals surface area (Å²) in [4.78, 5) is 2.49. The van der Waals surface area contributed by atoms with Crippen LogP contribution in [-0.4, -0.2) is 30.6 Å². The Morgan fingerprint density at radius 3 is 2.95 bits per heavy atom. The lowest BCUT2D eigenvalue weighted by Crippen LogP contribution is -2.37.